The summed E-state index contributed by atoms with van der Waals surface area (Å²) < 4.78 is 5.25. The van der Waals surface area contributed by atoms with Crippen LogP contribution in [0.2, 0.25) is 0 Å². The van der Waals surface area contributed by atoms with Crippen LogP contribution in [-0.4, -0.2) is 110 Å². The Balaban J connectivity index is 1.69. The fourth-order valence-corrected chi connectivity index (χ4v) is 4.75. The molecule has 2 heterocycles. The van der Waals surface area contributed by atoms with E-state index < -0.39 is 54.9 Å². The van der Waals surface area contributed by atoms with Crippen molar-refractivity contribution in [3.63, 3.8) is 0 Å². The Morgan fingerprint density at radius 1 is 1.11 bits per heavy atom. The lowest BCUT2D eigenvalue weighted by Crippen LogP contribution is -2.65. The van der Waals surface area contributed by atoms with Crippen LogP contribution in [0.15, 0.2) is 0 Å². The molecule has 0 saturated carbocycles. The molecule has 8 atom stereocenters. The third-order valence-electron chi connectivity index (χ3n) is 7.23. The number of carbonyl (C=O) groups excluding carboxylic acids is 3. The van der Waals surface area contributed by atoms with Crippen LogP contribution in [0.4, 0.5) is 0 Å². The molecule has 0 aromatic carbocycles. The summed E-state index contributed by atoms with van der Waals surface area (Å²) in [5.41, 5.74) is 6.11. The van der Waals surface area contributed by atoms with Gasteiger partial charge in [-0.1, -0.05) is 25.7 Å². The summed E-state index contributed by atoms with van der Waals surface area (Å²) in [6, 6.07) is -1.94. The number of amides is 2. The van der Waals surface area contributed by atoms with Crippen LogP contribution >= 0.6 is 0 Å². The molecule has 0 radical (unpaired) electrons. The molecule has 2 amide bonds. The Morgan fingerprint density at radius 3 is 2.39 bits per heavy atom. The zero-order valence-electron chi connectivity index (χ0n) is 21.2. The van der Waals surface area contributed by atoms with Gasteiger partial charge in [-0.2, -0.15) is 0 Å². The molecule has 8 N–H and O–H groups in total. The van der Waals surface area contributed by atoms with Crippen molar-refractivity contribution in [2.75, 3.05) is 13.2 Å². The number of Topliss-reactive ketones (excluding diaryl/α,β-unsaturated/α-hetero) is 1. The number of unbranched alkanes of at least 4 members (excludes halogenated alkanes) is 4. The number of aliphatic hydroxyl groups is 5. The van der Waals surface area contributed by atoms with Crippen molar-refractivity contribution in [1.29, 1.82) is 0 Å². The number of ketones is 1. The van der Waals surface area contributed by atoms with E-state index in [0.717, 1.165) is 12.8 Å². The minimum absolute atomic E-state index is 0.0209. The summed E-state index contributed by atoms with van der Waals surface area (Å²) in [7, 11) is 0. The highest BCUT2D eigenvalue weighted by molar-refractivity contribution is 5.93. The van der Waals surface area contributed by atoms with Crippen molar-refractivity contribution in [3.05, 3.63) is 0 Å². The minimum atomic E-state index is -2.05. The predicted molar refractivity (Wildman–Crippen MR) is 128 cm³/mol. The Labute approximate surface area is 211 Å². The van der Waals surface area contributed by atoms with Gasteiger partial charge in [0, 0.05) is 13.0 Å². The molecule has 0 aliphatic carbocycles. The lowest BCUT2D eigenvalue weighted by atomic mass is 9.89. The van der Waals surface area contributed by atoms with Crippen LogP contribution in [0.25, 0.3) is 0 Å². The zero-order valence-corrected chi connectivity index (χ0v) is 21.2. The molecule has 36 heavy (non-hydrogen) atoms. The highest BCUT2D eigenvalue weighted by atomic mass is 16.7. The maximum absolute atomic E-state index is 12.8. The van der Waals surface area contributed by atoms with Crippen molar-refractivity contribution < 1.29 is 44.7 Å². The SMILES string of the molecule is CC(=O)[C@H](C)NC(=O)C1CCCN1C(=O)[C@@H](N)CCCCCCCC1(O)O[C@H](CO)[C@H](O)[C@H](O)[C@H]1O. The van der Waals surface area contributed by atoms with Gasteiger partial charge in [-0.15, -0.1) is 0 Å². The topological polar surface area (TPSA) is 203 Å². The van der Waals surface area contributed by atoms with Crippen molar-refractivity contribution >= 4 is 17.6 Å². The maximum Gasteiger partial charge on any atom is 0.243 e. The number of nitrogens with two attached hydrogens (primary N) is 1. The first kappa shape index (κ1) is 30.6. The molecule has 2 unspecified atom stereocenters. The van der Waals surface area contributed by atoms with E-state index in [1.807, 2.05) is 0 Å². The molecule has 12 nitrogen and oxygen atoms in total. The first-order valence-electron chi connectivity index (χ1n) is 12.8. The van der Waals surface area contributed by atoms with Gasteiger partial charge in [0.1, 0.15) is 30.5 Å². The van der Waals surface area contributed by atoms with E-state index in [1.165, 1.54) is 11.8 Å². The van der Waals surface area contributed by atoms with Gasteiger partial charge in [-0.25, -0.2) is 0 Å². The summed E-state index contributed by atoms with van der Waals surface area (Å²) in [5, 5.41) is 52.2. The monoisotopic (exact) mass is 517 g/mol. The summed E-state index contributed by atoms with van der Waals surface area (Å²) in [6.07, 6.45) is -0.871. The maximum atomic E-state index is 12.8. The first-order valence-corrected chi connectivity index (χ1v) is 12.8. The third-order valence-corrected chi connectivity index (χ3v) is 7.23. The van der Waals surface area contributed by atoms with E-state index in [9.17, 15) is 39.9 Å². The molecule has 208 valence electrons. The zero-order chi connectivity index (χ0) is 27.0. The second-order valence-electron chi connectivity index (χ2n) is 10.1. The normalized spacial score (nSPS) is 32.2. The predicted octanol–water partition coefficient (Wildman–Crippen LogP) is -1.71. The van der Waals surface area contributed by atoms with Gasteiger partial charge in [-0.3, -0.25) is 14.4 Å². The van der Waals surface area contributed by atoms with E-state index in [4.69, 9.17) is 10.5 Å². The van der Waals surface area contributed by atoms with Crippen LogP contribution < -0.4 is 11.1 Å². The van der Waals surface area contributed by atoms with Crippen LogP contribution in [0.1, 0.15) is 71.6 Å². The van der Waals surface area contributed by atoms with Crippen molar-refractivity contribution in [1.82, 2.24) is 10.2 Å². The van der Waals surface area contributed by atoms with Crippen molar-refractivity contribution in [2.24, 2.45) is 5.73 Å². The fraction of sp³-hybridized carbons (Fsp3) is 0.875. The molecule has 12 heteroatoms. The van der Waals surface area contributed by atoms with Gasteiger partial charge in [0.2, 0.25) is 11.8 Å². The number of nitrogens with one attached hydrogen (secondary N) is 1. The average molecular weight is 518 g/mol. The number of carbonyl (C=O) groups is 3. The molecule has 0 bridgehead atoms. The lowest BCUT2D eigenvalue weighted by molar-refractivity contribution is -0.351. The molecular weight excluding hydrogens is 474 g/mol. The van der Waals surface area contributed by atoms with Gasteiger partial charge < -0.3 is 46.2 Å². The Hall–Kier alpha value is -1.67. The largest absolute Gasteiger partial charge is 0.394 e. The summed E-state index contributed by atoms with van der Waals surface area (Å²) in [4.78, 5) is 38.3. The van der Waals surface area contributed by atoms with E-state index in [-0.39, 0.29) is 24.0 Å². The van der Waals surface area contributed by atoms with E-state index >= 15 is 0 Å². The van der Waals surface area contributed by atoms with Gasteiger partial charge in [0.25, 0.3) is 0 Å². The van der Waals surface area contributed by atoms with Crippen LogP contribution in [0.5, 0.6) is 0 Å². The Bertz CT molecular complexity index is 752. The second-order valence-corrected chi connectivity index (χ2v) is 10.1. The number of rotatable bonds is 13. The quantitative estimate of drug-likeness (QED) is 0.138. The van der Waals surface area contributed by atoms with Gasteiger partial charge in [0.15, 0.2) is 11.6 Å². The number of likely N-dealkylation sites (tertiary alicyclic amines) is 1. The van der Waals surface area contributed by atoms with Crippen LogP contribution in [0.3, 0.4) is 0 Å². The van der Waals surface area contributed by atoms with E-state index in [2.05, 4.69) is 5.32 Å². The van der Waals surface area contributed by atoms with Gasteiger partial charge in [-0.05, 0) is 39.5 Å². The smallest absolute Gasteiger partial charge is 0.243 e. The van der Waals surface area contributed by atoms with E-state index in [0.29, 0.717) is 45.1 Å². The summed E-state index contributed by atoms with van der Waals surface area (Å²) in [5.74, 6) is -2.82. The number of nitrogens with zero attached hydrogens (tertiary/aromatic N) is 1. The Morgan fingerprint density at radius 2 is 1.75 bits per heavy atom. The van der Waals surface area contributed by atoms with Crippen LogP contribution in [-0.2, 0) is 19.1 Å². The van der Waals surface area contributed by atoms with E-state index in [1.54, 1.807) is 6.92 Å². The molecule has 2 saturated heterocycles. The lowest BCUT2D eigenvalue weighted by Gasteiger charge is -2.45. The Kier molecular flexibility index (Phi) is 11.7. The molecule has 2 aliphatic heterocycles. The number of aliphatic hydroxyl groups excluding tert-OH is 4. The molecule has 0 aromatic rings. The number of hydrogen-bond donors (Lipinski definition) is 7. The summed E-state index contributed by atoms with van der Waals surface area (Å²) in [6.45, 7) is 2.86. The fourth-order valence-electron chi connectivity index (χ4n) is 4.75. The first-order chi connectivity index (χ1) is 16.9. The van der Waals surface area contributed by atoms with Gasteiger partial charge >= 0.3 is 0 Å². The standard InChI is InChI=1S/C24H43N3O9/c1-14(15(2)29)26-22(33)17-10-8-12-27(17)23(34)16(25)9-6-4-3-5-7-11-24(35)21(32)20(31)19(30)18(13-28)36-24/h14,16-21,28,30-32,35H,3-13,25H2,1-2H3,(H,26,33)/t14-,16-,17?,18+,19-,20-,21+,24?/m0/s1. The highest BCUT2D eigenvalue weighted by Gasteiger charge is 2.52. The second kappa shape index (κ2) is 13.8. The number of ether oxygens (including phenoxy) is 1. The molecule has 0 aromatic heterocycles. The van der Waals surface area contributed by atoms with Crippen molar-refractivity contribution in [2.45, 2.75) is 120 Å². The molecule has 0 spiro atoms. The average Bonchev–Trinajstić information content (AvgIpc) is 3.34. The molecule has 2 rings (SSSR count). The molecule has 2 fully saturated rings. The number of hydrogen-bond acceptors (Lipinski definition) is 10. The van der Waals surface area contributed by atoms with Gasteiger partial charge in [0.05, 0.1) is 18.7 Å². The van der Waals surface area contributed by atoms with Crippen molar-refractivity contribution in [3.8, 4) is 0 Å². The highest BCUT2D eigenvalue weighted by Crippen LogP contribution is 2.32. The van der Waals surface area contributed by atoms with Crippen LogP contribution in [0, 0.1) is 0 Å². The minimum Gasteiger partial charge on any atom is -0.394 e. The molecular formula is C24H43N3O9. The molecule has 2 aliphatic rings. The summed E-state index contributed by atoms with van der Waals surface area (Å²) >= 11 is 0. The third kappa shape index (κ3) is 7.67.